The maximum absolute atomic E-state index is 12.0. The van der Waals surface area contributed by atoms with Gasteiger partial charge < -0.3 is 19.9 Å². The summed E-state index contributed by atoms with van der Waals surface area (Å²) in [5.74, 6) is -0.273. The summed E-state index contributed by atoms with van der Waals surface area (Å²) in [4.78, 5) is 29.4. The number of esters is 1. The van der Waals surface area contributed by atoms with Gasteiger partial charge in [0, 0.05) is 30.9 Å². The summed E-state index contributed by atoms with van der Waals surface area (Å²) in [6.07, 6.45) is 0.991. The molecule has 0 saturated carbocycles. The van der Waals surface area contributed by atoms with Crippen LogP contribution in [0.25, 0.3) is 0 Å². The number of carbonyl (C=O) groups is 2. The number of rotatable bonds is 10. The Bertz CT molecular complexity index is 548. The molecule has 24 heavy (non-hydrogen) atoms. The van der Waals surface area contributed by atoms with Crippen molar-refractivity contribution < 1.29 is 14.3 Å². The molecule has 0 atom stereocenters. The quantitative estimate of drug-likeness (QED) is 0.642. The fourth-order valence-electron chi connectivity index (χ4n) is 2.79. The van der Waals surface area contributed by atoms with Gasteiger partial charge in [-0.2, -0.15) is 0 Å². The Hall–Kier alpha value is -1.82. The maximum atomic E-state index is 12.0. The Morgan fingerprint density at radius 2 is 1.83 bits per heavy atom. The molecule has 1 heterocycles. The monoisotopic (exact) mass is 337 g/mol. The number of aromatic nitrogens is 1. The fourth-order valence-corrected chi connectivity index (χ4v) is 2.79. The van der Waals surface area contributed by atoms with Crippen molar-refractivity contribution in [1.29, 1.82) is 0 Å². The standard InChI is InChI=1S/C18H31N3O3/c1-6-21(7-2)12-11-19-16(22)10-9-15-13(4)17(14(5)20-15)18(23)24-8-3/h20H,6-12H2,1-5H3,(H,19,22). The molecule has 1 aromatic rings. The van der Waals surface area contributed by atoms with Gasteiger partial charge in [0.05, 0.1) is 12.2 Å². The first kappa shape index (κ1) is 20.2. The number of amides is 1. The van der Waals surface area contributed by atoms with Crippen molar-refractivity contribution in [1.82, 2.24) is 15.2 Å². The van der Waals surface area contributed by atoms with Crippen LogP contribution in [0.2, 0.25) is 0 Å². The van der Waals surface area contributed by atoms with E-state index >= 15 is 0 Å². The van der Waals surface area contributed by atoms with E-state index in [1.807, 2.05) is 13.8 Å². The highest BCUT2D eigenvalue weighted by molar-refractivity contribution is 5.92. The second kappa shape index (κ2) is 10.1. The number of likely N-dealkylation sites (N-methyl/N-ethyl adjacent to an activating group) is 1. The zero-order valence-electron chi connectivity index (χ0n) is 15.6. The average Bonchev–Trinajstić information content (AvgIpc) is 2.84. The number of nitrogens with zero attached hydrogens (tertiary/aromatic N) is 1. The largest absolute Gasteiger partial charge is 0.462 e. The van der Waals surface area contributed by atoms with E-state index in [2.05, 4.69) is 29.0 Å². The number of aryl methyl sites for hydroxylation is 2. The molecular formula is C18H31N3O3. The topological polar surface area (TPSA) is 74.4 Å². The Morgan fingerprint density at radius 3 is 2.42 bits per heavy atom. The van der Waals surface area contributed by atoms with Gasteiger partial charge in [-0.1, -0.05) is 13.8 Å². The zero-order chi connectivity index (χ0) is 18.1. The van der Waals surface area contributed by atoms with Crippen LogP contribution in [-0.2, 0) is 16.0 Å². The molecule has 2 N–H and O–H groups in total. The normalized spacial score (nSPS) is 10.9. The molecule has 0 spiro atoms. The van der Waals surface area contributed by atoms with Crippen LogP contribution in [0.3, 0.4) is 0 Å². The highest BCUT2D eigenvalue weighted by Gasteiger charge is 2.19. The number of ether oxygens (including phenoxy) is 1. The Kier molecular flexibility index (Phi) is 8.54. The molecule has 0 aliphatic heterocycles. The smallest absolute Gasteiger partial charge is 0.340 e. The van der Waals surface area contributed by atoms with Crippen molar-refractivity contribution in [2.45, 2.75) is 47.5 Å². The molecule has 6 nitrogen and oxygen atoms in total. The molecule has 1 amide bonds. The summed E-state index contributed by atoms with van der Waals surface area (Å²) >= 11 is 0. The predicted octanol–water partition coefficient (Wildman–Crippen LogP) is 2.20. The highest BCUT2D eigenvalue weighted by atomic mass is 16.5. The molecule has 0 saturated heterocycles. The van der Waals surface area contributed by atoms with Crippen LogP contribution in [0, 0.1) is 13.8 Å². The number of nitrogens with one attached hydrogen (secondary N) is 2. The summed E-state index contributed by atoms with van der Waals surface area (Å²) in [5.41, 5.74) is 3.19. The van der Waals surface area contributed by atoms with E-state index in [1.165, 1.54) is 0 Å². The number of hydrogen-bond acceptors (Lipinski definition) is 4. The van der Waals surface area contributed by atoms with Gasteiger partial charge in [0.1, 0.15) is 0 Å². The van der Waals surface area contributed by atoms with Crippen LogP contribution in [0.1, 0.15) is 54.5 Å². The molecule has 0 bridgehead atoms. The fraction of sp³-hybridized carbons (Fsp3) is 0.667. The van der Waals surface area contributed by atoms with Crippen LogP contribution in [0.4, 0.5) is 0 Å². The van der Waals surface area contributed by atoms with E-state index in [4.69, 9.17) is 4.74 Å². The van der Waals surface area contributed by atoms with Crippen LogP contribution >= 0.6 is 0 Å². The van der Waals surface area contributed by atoms with Gasteiger partial charge in [-0.3, -0.25) is 4.79 Å². The summed E-state index contributed by atoms with van der Waals surface area (Å²) < 4.78 is 5.08. The molecule has 0 unspecified atom stereocenters. The molecule has 136 valence electrons. The van der Waals surface area contributed by atoms with Crippen molar-refractivity contribution in [2.24, 2.45) is 0 Å². The lowest BCUT2D eigenvalue weighted by atomic mass is 10.1. The molecule has 0 radical (unpaired) electrons. The molecule has 0 aliphatic carbocycles. The molecule has 1 rings (SSSR count). The van der Waals surface area contributed by atoms with Crippen molar-refractivity contribution in [3.8, 4) is 0 Å². The first-order valence-electron chi connectivity index (χ1n) is 8.78. The molecular weight excluding hydrogens is 306 g/mol. The summed E-state index contributed by atoms with van der Waals surface area (Å²) in [7, 11) is 0. The first-order chi connectivity index (χ1) is 11.4. The van der Waals surface area contributed by atoms with E-state index in [1.54, 1.807) is 6.92 Å². The van der Waals surface area contributed by atoms with Gasteiger partial charge >= 0.3 is 5.97 Å². The summed E-state index contributed by atoms with van der Waals surface area (Å²) in [5, 5.41) is 2.95. The van der Waals surface area contributed by atoms with Crippen LogP contribution in [0.5, 0.6) is 0 Å². The number of hydrogen-bond donors (Lipinski definition) is 2. The Labute approximate surface area is 144 Å². The van der Waals surface area contributed by atoms with Crippen LogP contribution in [-0.4, -0.2) is 54.5 Å². The molecule has 0 aliphatic rings. The van der Waals surface area contributed by atoms with Gasteiger partial charge in [0.25, 0.3) is 0 Å². The van der Waals surface area contributed by atoms with Gasteiger partial charge in [0.15, 0.2) is 0 Å². The van der Waals surface area contributed by atoms with Crippen LogP contribution < -0.4 is 5.32 Å². The van der Waals surface area contributed by atoms with E-state index in [0.29, 0.717) is 31.6 Å². The average molecular weight is 337 g/mol. The highest BCUT2D eigenvalue weighted by Crippen LogP contribution is 2.20. The van der Waals surface area contributed by atoms with Gasteiger partial charge in [0.2, 0.25) is 5.91 Å². The van der Waals surface area contributed by atoms with E-state index in [0.717, 1.165) is 36.6 Å². The summed E-state index contributed by atoms with van der Waals surface area (Å²) in [6, 6.07) is 0. The lowest BCUT2D eigenvalue weighted by Gasteiger charge is -2.17. The van der Waals surface area contributed by atoms with E-state index in [9.17, 15) is 9.59 Å². The Morgan fingerprint density at radius 1 is 1.17 bits per heavy atom. The molecule has 0 fully saturated rings. The van der Waals surface area contributed by atoms with Gasteiger partial charge in [-0.05, 0) is 45.8 Å². The van der Waals surface area contributed by atoms with Gasteiger partial charge in [-0.25, -0.2) is 4.79 Å². The predicted molar refractivity (Wildman–Crippen MR) is 95.3 cm³/mol. The third kappa shape index (κ3) is 5.67. The zero-order valence-corrected chi connectivity index (χ0v) is 15.6. The third-order valence-electron chi connectivity index (χ3n) is 4.27. The molecule has 6 heteroatoms. The minimum atomic E-state index is -0.307. The van der Waals surface area contributed by atoms with Gasteiger partial charge in [-0.15, -0.1) is 0 Å². The van der Waals surface area contributed by atoms with Crippen molar-refractivity contribution in [3.05, 3.63) is 22.5 Å². The second-order valence-electron chi connectivity index (χ2n) is 5.83. The minimum Gasteiger partial charge on any atom is -0.462 e. The Balaban J connectivity index is 2.51. The van der Waals surface area contributed by atoms with Crippen molar-refractivity contribution in [3.63, 3.8) is 0 Å². The number of aromatic amines is 1. The third-order valence-corrected chi connectivity index (χ3v) is 4.27. The summed E-state index contributed by atoms with van der Waals surface area (Å²) in [6.45, 7) is 13.6. The first-order valence-corrected chi connectivity index (χ1v) is 8.78. The van der Waals surface area contributed by atoms with E-state index < -0.39 is 0 Å². The lowest BCUT2D eigenvalue weighted by Crippen LogP contribution is -2.34. The molecule has 1 aromatic heterocycles. The SMILES string of the molecule is CCOC(=O)c1c(C)[nH]c(CCC(=O)NCCN(CC)CC)c1C. The minimum absolute atomic E-state index is 0.0338. The molecule has 0 aromatic carbocycles. The van der Waals surface area contributed by atoms with Crippen LogP contribution in [0.15, 0.2) is 0 Å². The lowest BCUT2D eigenvalue weighted by molar-refractivity contribution is -0.121. The van der Waals surface area contributed by atoms with E-state index in [-0.39, 0.29) is 11.9 Å². The maximum Gasteiger partial charge on any atom is 0.340 e. The number of H-pyrrole nitrogens is 1. The second-order valence-corrected chi connectivity index (χ2v) is 5.83. The number of carbonyl (C=O) groups excluding carboxylic acids is 2. The van der Waals surface area contributed by atoms with Crippen molar-refractivity contribution in [2.75, 3.05) is 32.8 Å². The van der Waals surface area contributed by atoms with Crippen molar-refractivity contribution >= 4 is 11.9 Å².